The Balaban J connectivity index is 2.82. The van der Waals surface area contributed by atoms with Gasteiger partial charge in [0.2, 0.25) is 6.08 Å². The first-order chi connectivity index (χ1) is 3.91. The van der Waals surface area contributed by atoms with Crippen LogP contribution in [0, 0.1) is 0 Å². The summed E-state index contributed by atoms with van der Waals surface area (Å²) in [6.45, 7) is 0.652. The molecule has 0 unspecified atom stereocenters. The van der Waals surface area contributed by atoms with Crippen LogP contribution in [-0.4, -0.2) is 27.8 Å². The van der Waals surface area contributed by atoms with E-state index in [4.69, 9.17) is 0 Å². The first kappa shape index (κ1) is 7.95. The maximum Gasteiger partial charge on any atom is 0.234 e. The van der Waals surface area contributed by atoms with Crippen LogP contribution in [0.3, 0.4) is 0 Å². The molecule has 0 aliphatic heterocycles. The summed E-state index contributed by atoms with van der Waals surface area (Å²) in [5.74, 6) is 1.14. The summed E-state index contributed by atoms with van der Waals surface area (Å²) in [6, 6.07) is 0. The van der Waals surface area contributed by atoms with Gasteiger partial charge in [0.15, 0.2) is 0 Å². The molecule has 0 aromatic heterocycles. The zero-order chi connectivity index (χ0) is 6.24. The number of hydrogen-bond donors (Lipinski definition) is 0. The average Bonchev–Trinajstić information content (AvgIpc) is 1.81. The van der Waals surface area contributed by atoms with Crippen LogP contribution in [0.1, 0.15) is 6.42 Å². The third-order valence-corrected chi connectivity index (χ3v) is 2.60. The monoisotopic (exact) mass is 147 g/mol. The molecule has 0 spiro atoms. The topological polar surface area (TPSA) is 29.4 Å². The number of isocyanates is 1. The van der Waals surface area contributed by atoms with Crippen LogP contribution < -0.4 is 0 Å². The lowest BCUT2D eigenvalue weighted by atomic mass is 10.5. The maximum atomic E-state index is 9.48. The van der Waals surface area contributed by atoms with Crippen molar-refractivity contribution in [2.24, 2.45) is 4.99 Å². The second-order valence-electron chi connectivity index (χ2n) is 1.32. The lowest BCUT2D eigenvalue weighted by Crippen LogP contribution is -1.82. The summed E-state index contributed by atoms with van der Waals surface area (Å²) in [7, 11) is 1.18. The van der Waals surface area contributed by atoms with Crippen molar-refractivity contribution in [3.8, 4) is 0 Å². The van der Waals surface area contributed by atoms with Crippen molar-refractivity contribution in [1.29, 1.82) is 0 Å². The quantitative estimate of drug-likeness (QED) is 0.237. The third kappa shape index (κ3) is 5.95. The summed E-state index contributed by atoms with van der Waals surface area (Å²) in [5, 5.41) is 0. The first-order valence-corrected chi connectivity index (χ1v) is 6.28. The smallest absolute Gasteiger partial charge is 0.211 e. The van der Waals surface area contributed by atoms with Crippen molar-refractivity contribution in [3.05, 3.63) is 0 Å². The molecule has 2 nitrogen and oxygen atoms in total. The van der Waals surface area contributed by atoms with Gasteiger partial charge < -0.3 is 0 Å². The SMILES string of the molecule is O=C=NCCCS[SiH3]. The molecule has 0 aliphatic rings. The first-order valence-electron chi connectivity index (χ1n) is 2.44. The van der Waals surface area contributed by atoms with Crippen molar-refractivity contribution in [1.82, 2.24) is 0 Å². The molecule has 0 bridgehead atoms. The number of rotatable bonds is 4. The molecule has 46 valence electrons. The van der Waals surface area contributed by atoms with Gasteiger partial charge in [-0.05, 0) is 12.2 Å². The van der Waals surface area contributed by atoms with Crippen LogP contribution in [0.15, 0.2) is 4.99 Å². The Morgan fingerprint density at radius 3 is 3.00 bits per heavy atom. The van der Waals surface area contributed by atoms with E-state index in [0.29, 0.717) is 6.54 Å². The molecule has 0 fully saturated rings. The van der Waals surface area contributed by atoms with E-state index >= 15 is 0 Å². The molecule has 0 N–H and O–H groups in total. The van der Waals surface area contributed by atoms with Gasteiger partial charge in [-0.3, -0.25) is 0 Å². The van der Waals surface area contributed by atoms with Crippen molar-refractivity contribution in [3.63, 3.8) is 0 Å². The van der Waals surface area contributed by atoms with E-state index < -0.39 is 0 Å². The summed E-state index contributed by atoms with van der Waals surface area (Å²) >= 11 is 1.90. The zero-order valence-electron chi connectivity index (χ0n) is 4.89. The average molecular weight is 147 g/mol. The molecule has 4 heteroatoms. The Morgan fingerprint density at radius 1 is 1.75 bits per heavy atom. The lowest BCUT2D eigenvalue weighted by molar-refractivity contribution is 0.563. The van der Waals surface area contributed by atoms with Gasteiger partial charge in [0.05, 0.1) is 15.9 Å². The zero-order valence-corrected chi connectivity index (χ0v) is 7.70. The number of aliphatic imine (C=N–C) groups is 1. The van der Waals surface area contributed by atoms with Crippen molar-refractivity contribution in [2.75, 3.05) is 12.3 Å². The van der Waals surface area contributed by atoms with Crippen molar-refractivity contribution in [2.45, 2.75) is 6.42 Å². The second-order valence-corrected chi connectivity index (χ2v) is 4.04. The van der Waals surface area contributed by atoms with Crippen LogP contribution in [0.5, 0.6) is 0 Å². The van der Waals surface area contributed by atoms with Gasteiger partial charge in [-0.25, -0.2) is 9.79 Å². The van der Waals surface area contributed by atoms with E-state index in [1.54, 1.807) is 0 Å². The molecule has 0 aromatic carbocycles. The third-order valence-electron chi connectivity index (χ3n) is 0.683. The Bertz CT molecular complexity index is 92.0. The van der Waals surface area contributed by atoms with Gasteiger partial charge in [-0.1, -0.05) is 0 Å². The summed E-state index contributed by atoms with van der Waals surface area (Å²) < 4.78 is 0. The van der Waals surface area contributed by atoms with E-state index in [9.17, 15) is 4.79 Å². The number of nitrogens with zero attached hydrogens (tertiary/aromatic N) is 1. The fraction of sp³-hybridized carbons (Fsp3) is 0.750. The van der Waals surface area contributed by atoms with Crippen LogP contribution in [0.25, 0.3) is 0 Å². The number of carbonyl (C=O) groups excluding carboxylic acids is 1. The molecule has 0 aromatic rings. The molecule has 0 saturated carbocycles. The Kier molecular flexibility index (Phi) is 6.90. The highest BCUT2D eigenvalue weighted by atomic mass is 32.4. The Hall–Kier alpha value is -0.0531. The van der Waals surface area contributed by atoms with Crippen LogP contribution in [-0.2, 0) is 4.79 Å². The summed E-state index contributed by atoms with van der Waals surface area (Å²) in [4.78, 5) is 12.9. The van der Waals surface area contributed by atoms with Gasteiger partial charge in [-0.15, -0.1) is 0 Å². The minimum Gasteiger partial charge on any atom is -0.211 e. The minimum atomic E-state index is 0.652. The van der Waals surface area contributed by atoms with E-state index in [2.05, 4.69) is 4.99 Å². The maximum absolute atomic E-state index is 9.48. The van der Waals surface area contributed by atoms with E-state index in [-0.39, 0.29) is 0 Å². The van der Waals surface area contributed by atoms with Gasteiger partial charge >= 0.3 is 0 Å². The molecular formula is C4H9NOSSi. The second kappa shape index (κ2) is 6.95. The number of hydrogen-bond acceptors (Lipinski definition) is 3. The Morgan fingerprint density at radius 2 is 2.50 bits per heavy atom. The van der Waals surface area contributed by atoms with Gasteiger partial charge in [0, 0.05) is 0 Å². The molecule has 0 amide bonds. The summed E-state index contributed by atoms with van der Waals surface area (Å²) in [6.07, 6.45) is 2.52. The predicted molar refractivity (Wildman–Crippen MR) is 40.0 cm³/mol. The molecule has 0 aliphatic carbocycles. The Labute approximate surface area is 55.8 Å². The molecule has 0 radical (unpaired) electrons. The van der Waals surface area contributed by atoms with Gasteiger partial charge in [-0.2, -0.15) is 11.2 Å². The minimum absolute atomic E-state index is 0.652. The standard InChI is InChI=1S/C4H9NOSSi/c6-4-5-2-1-3-7-8/h1-3H2,8H3. The highest BCUT2D eigenvalue weighted by molar-refractivity contribution is 8.19. The van der Waals surface area contributed by atoms with Crippen molar-refractivity contribution >= 4 is 26.7 Å². The van der Waals surface area contributed by atoms with Crippen LogP contribution >= 0.6 is 11.2 Å². The fourth-order valence-electron chi connectivity index (χ4n) is 0.334. The van der Waals surface area contributed by atoms with E-state index in [1.165, 1.54) is 15.5 Å². The van der Waals surface area contributed by atoms with Gasteiger partial charge in [0.1, 0.15) is 0 Å². The highest BCUT2D eigenvalue weighted by Crippen LogP contribution is 1.92. The molecule has 0 atom stereocenters. The fourth-order valence-corrected chi connectivity index (χ4v) is 1.62. The van der Waals surface area contributed by atoms with Crippen LogP contribution in [0.2, 0.25) is 0 Å². The van der Waals surface area contributed by atoms with E-state index in [0.717, 1.165) is 12.2 Å². The molecule has 0 heterocycles. The van der Waals surface area contributed by atoms with Gasteiger partial charge in [0.25, 0.3) is 0 Å². The molecule has 8 heavy (non-hydrogen) atoms. The van der Waals surface area contributed by atoms with E-state index in [1.807, 2.05) is 11.2 Å². The summed E-state index contributed by atoms with van der Waals surface area (Å²) in [5.41, 5.74) is 0. The molecule has 0 rings (SSSR count). The van der Waals surface area contributed by atoms with Crippen LogP contribution in [0.4, 0.5) is 0 Å². The molecule has 0 saturated heterocycles. The normalized spacial score (nSPS) is 8.50. The largest absolute Gasteiger partial charge is 0.234 e. The highest BCUT2D eigenvalue weighted by Gasteiger charge is 1.79. The van der Waals surface area contributed by atoms with Crippen molar-refractivity contribution < 1.29 is 4.79 Å². The predicted octanol–water partition coefficient (Wildman–Crippen LogP) is -0.274. The molecular weight excluding hydrogens is 138 g/mol. The lowest BCUT2D eigenvalue weighted by Gasteiger charge is -1.87.